The molecular formula is C41H53ClF3NO5. The van der Waals surface area contributed by atoms with Gasteiger partial charge in [-0.25, -0.2) is 0 Å². The standard InChI is InChI=1S/C33H43ClF3NO5.C8H10/c1-5-7-8-9-28(27-13-12-25(34)20-23(27)3)32(40,33(35,36)37)22-38-18-16-26(17-19-38)43-29-14-10-24(21-30(29)41-4)11-15-31(39)42-6-2;1-2-8-6-4-3-5-7-8/h9-10,12-14,20-21,26,40H,5-8,11,15-19,22H2,1-4H3;3-7H,2H2,1H3/b28-9+;. The number of piperidine rings is 1. The number of ether oxygens (including phenoxy) is 3. The van der Waals surface area contributed by atoms with E-state index in [9.17, 15) is 23.1 Å². The van der Waals surface area contributed by atoms with Gasteiger partial charge in [-0.05, 0) is 98.0 Å². The summed E-state index contributed by atoms with van der Waals surface area (Å²) < 4.78 is 60.9. The van der Waals surface area contributed by atoms with Crippen molar-refractivity contribution in [2.75, 3.05) is 33.4 Å². The molecule has 6 nitrogen and oxygen atoms in total. The van der Waals surface area contributed by atoms with Gasteiger partial charge in [0.2, 0.25) is 0 Å². The normalized spacial score (nSPS) is 15.4. The third-order valence-corrected chi connectivity index (χ3v) is 9.22. The van der Waals surface area contributed by atoms with E-state index in [1.165, 1.54) is 18.7 Å². The number of methoxy groups -OCH3 is 1. The van der Waals surface area contributed by atoms with Crippen LogP contribution in [0.4, 0.5) is 13.2 Å². The van der Waals surface area contributed by atoms with Crippen molar-refractivity contribution in [3.8, 4) is 11.5 Å². The van der Waals surface area contributed by atoms with Crippen LogP contribution in [0.15, 0.2) is 72.8 Å². The summed E-state index contributed by atoms with van der Waals surface area (Å²) in [5.74, 6) is 0.792. The number of nitrogens with zero attached hydrogens (tertiary/aromatic N) is 1. The van der Waals surface area contributed by atoms with Gasteiger partial charge in [0.25, 0.3) is 0 Å². The molecule has 1 aliphatic heterocycles. The van der Waals surface area contributed by atoms with Crippen molar-refractivity contribution < 1.29 is 37.3 Å². The van der Waals surface area contributed by atoms with E-state index in [2.05, 4.69) is 31.2 Å². The lowest BCUT2D eigenvalue weighted by molar-refractivity contribution is -0.240. The van der Waals surface area contributed by atoms with Crippen molar-refractivity contribution in [3.63, 3.8) is 0 Å². The molecule has 4 rings (SSSR count). The average Bonchev–Trinajstić information content (AvgIpc) is 3.11. The summed E-state index contributed by atoms with van der Waals surface area (Å²) in [4.78, 5) is 13.4. The molecule has 1 atom stereocenters. The number of allylic oxidation sites excluding steroid dienone is 1. The van der Waals surface area contributed by atoms with E-state index >= 15 is 0 Å². The Morgan fingerprint density at radius 2 is 1.69 bits per heavy atom. The van der Waals surface area contributed by atoms with Crippen LogP contribution in [-0.4, -0.2) is 67.2 Å². The number of aliphatic hydroxyl groups is 1. The summed E-state index contributed by atoms with van der Waals surface area (Å²) in [5.41, 5.74) is 0.0380. The highest BCUT2D eigenvalue weighted by Gasteiger charge is 2.57. The topological polar surface area (TPSA) is 68.2 Å². The van der Waals surface area contributed by atoms with Gasteiger partial charge in [0, 0.05) is 31.1 Å². The number of rotatable bonds is 15. The van der Waals surface area contributed by atoms with E-state index in [4.69, 9.17) is 25.8 Å². The predicted octanol–water partition coefficient (Wildman–Crippen LogP) is 9.81. The van der Waals surface area contributed by atoms with Crippen LogP contribution in [-0.2, 0) is 22.4 Å². The molecule has 3 aromatic rings. The molecule has 0 aromatic heterocycles. The van der Waals surface area contributed by atoms with Gasteiger partial charge in [-0.3, -0.25) is 9.69 Å². The number of carbonyl (C=O) groups excluding carboxylic acids is 1. The van der Waals surface area contributed by atoms with Gasteiger partial charge in [-0.15, -0.1) is 0 Å². The third-order valence-electron chi connectivity index (χ3n) is 8.98. The fourth-order valence-corrected chi connectivity index (χ4v) is 6.28. The molecule has 0 aliphatic carbocycles. The van der Waals surface area contributed by atoms with Gasteiger partial charge < -0.3 is 19.3 Å². The predicted molar refractivity (Wildman–Crippen MR) is 199 cm³/mol. The second-order valence-corrected chi connectivity index (χ2v) is 13.2. The Labute approximate surface area is 306 Å². The zero-order valence-electron chi connectivity index (χ0n) is 30.5. The molecular weight excluding hydrogens is 679 g/mol. The highest BCUT2D eigenvalue weighted by Crippen LogP contribution is 2.43. The smallest absolute Gasteiger partial charge is 0.422 e. The first kappa shape index (κ1) is 41.9. The molecule has 1 aliphatic rings. The minimum atomic E-state index is -4.90. The maximum Gasteiger partial charge on any atom is 0.422 e. The highest BCUT2D eigenvalue weighted by molar-refractivity contribution is 6.30. The molecule has 1 unspecified atom stereocenters. The number of unbranched alkanes of at least 4 members (excludes halogenated alkanes) is 2. The van der Waals surface area contributed by atoms with Crippen LogP contribution in [0.1, 0.15) is 81.5 Å². The van der Waals surface area contributed by atoms with Crippen LogP contribution in [0.25, 0.3) is 5.57 Å². The van der Waals surface area contributed by atoms with Gasteiger partial charge >= 0.3 is 12.1 Å². The van der Waals surface area contributed by atoms with Crippen LogP contribution in [0.5, 0.6) is 11.5 Å². The molecule has 0 bridgehead atoms. The number of hydrogen-bond donors (Lipinski definition) is 1. The molecule has 51 heavy (non-hydrogen) atoms. The molecule has 1 saturated heterocycles. The molecule has 0 radical (unpaired) electrons. The molecule has 3 aromatic carbocycles. The minimum Gasteiger partial charge on any atom is -0.493 e. The molecule has 0 amide bonds. The maximum atomic E-state index is 14.7. The molecule has 0 saturated carbocycles. The van der Waals surface area contributed by atoms with Crippen molar-refractivity contribution in [1.29, 1.82) is 0 Å². The lowest BCUT2D eigenvalue weighted by atomic mass is 9.83. The van der Waals surface area contributed by atoms with Crippen LogP contribution in [0, 0.1) is 6.92 Å². The second kappa shape index (κ2) is 20.5. The quantitative estimate of drug-likeness (QED) is 0.124. The SMILES string of the molecule is CCCC/C=C(\c1ccc(Cl)cc1C)C(O)(CN1CCC(Oc2ccc(CCC(=O)OCC)cc2OC)CC1)C(F)(F)F.CCc1ccccc1. The Hall–Kier alpha value is -3.53. The summed E-state index contributed by atoms with van der Waals surface area (Å²) in [7, 11) is 1.53. The van der Waals surface area contributed by atoms with Gasteiger partial charge in [0.15, 0.2) is 17.1 Å². The summed E-state index contributed by atoms with van der Waals surface area (Å²) in [6.45, 7) is 8.00. The van der Waals surface area contributed by atoms with Crippen molar-refractivity contribution in [3.05, 3.63) is 100 Å². The van der Waals surface area contributed by atoms with E-state index in [1.807, 2.05) is 25.1 Å². The van der Waals surface area contributed by atoms with E-state index in [0.29, 0.717) is 79.4 Å². The first-order valence-corrected chi connectivity index (χ1v) is 18.2. The number of β-amino-alcohol motifs (C(OH)–C–C–N with tert-alkyl or cyclic N) is 1. The Bertz CT molecular complexity index is 1540. The number of aryl methyl sites for hydroxylation is 3. The van der Waals surface area contributed by atoms with Gasteiger partial charge in [0.1, 0.15) is 6.10 Å². The van der Waals surface area contributed by atoms with Crippen LogP contribution in [0.3, 0.4) is 0 Å². The Morgan fingerprint density at radius 1 is 0.980 bits per heavy atom. The lowest BCUT2D eigenvalue weighted by Crippen LogP contribution is -2.56. The van der Waals surface area contributed by atoms with Gasteiger partial charge in [-0.1, -0.05) is 86.8 Å². The summed E-state index contributed by atoms with van der Waals surface area (Å²) >= 11 is 6.09. The molecule has 1 heterocycles. The molecule has 1 N–H and O–H groups in total. The Morgan fingerprint density at radius 3 is 2.25 bits per heavy atom. The first-order chi connectivity index (χ1) is 24.3. The largest absolute Gasteiger partial charge is 0.493 e. The number of benzene rings is 3. The number of halogens is 4. The number of carbonyl (C=O) groups is 1. The molecule has 1 fully saturated rings. The highest BCUT2D eigenvalue weighted by atomic mass is 35.5. The van der Waals surface area contributed by atoms with E-state index in [-0.39, 0.29) is 24.1 Å². The summed E-state index contributed by atoms with van der Waals surface area (Å²) in [6.07, 6.45) is 1.23. The van der Waals surface area contributed by atoms with Gasteiger partial charge in [-0.2, -0.15) is 13.2 Å². The van der Waals surface area contributed by atoms with E-state index in [1.54, 1.807) is 43.0 Å². The average molecular weight is 732 g/mol. The maximum absolute atomic E-state index is 14.7. The van der Waals surface area contributed by atoms with Crippen molar-refractivity contribution in [2.45, 2.75) is 96.9 Å². The number of alkyl halides is 3. The Kier molecular flexibility index (Phi) is 16.8. The van der Waals surface area contributed by atoms with Crippen LogP contribution in [0.2, 0.25) is 5.02 Å². The third kappa shape index (κ3) is 12.6. The molecule has 0 spiro atoms. The Balaban J connectivity index is 0.000000770. The lowest BCUT2D eigenvalue weighted by Gasteiger charge is -2.40. The van der Waals surface area contributed by atoms with Crippen molar-refractivity contribution >= 4 is 23.1 Å². The number of hydrogen-bond acceptors (Lipinski definition) is 6. The number of esters is 1. The molecule has 10 heteroatoms. The minimum absolute atomic E-state index is 0.131. The second-order valence-electron chi connectivity index (χ2n) is 12.8. The van der Waals surface area contributed by atoms with Crippen LogP contribution < -0.4 is 9.47 Å². The van der Waals surface area contributed by atoms with E-state index in [0.717, 1.165) is 18.4 Å². The zero-order valence-corrected chi connectivity index (χ0v) is 31.3. The number of likely N-dealkylation sites (tertiary alicyclic amines) is 1. The summed E-state index contributed by atoms with van der Waals surface area (Å²) in [6, 6.07) is 20.7. The van der Waals surface area contributed by atoms with Crippen molar-refractivity contribution in [2.24, 2.45) is 0 Å². The monoisotopic (exact) mass is 731 g/mol. The first-order valence-electron chi connectivity index (χ1n) is 17.9. The van der Waals surface area contributed by atoms with Crippen LogP contribution >= 0.6 is 11.6 Å². The van der Waals surface area contributed by atoms with Gasteiger partial charge in [0.05, 0.1) is 13.7 Å². The van der Waals surface area contributed by atoms with E-state index < -0.39 is 18.3 Å². The zero-order chi connectivity index (χ0) is 37.4. The molecule has 280 valence electrons. The fourth-order valence-electron chi connectivity index (χ4n) is 6.06. The summed E-state index contributed by atoms with van der Waals surface area (Å²) in [5, 5.41) is 11.9. The van der Waals surface area contributed by atoms with Crippen molar-refractivity contribution in [1.82, 2.24) is 4.90 Å². The fraction of sp³-hybridized carbons (Fsp3) is 0.488.